The SMILES string of the molecule is N#Cc1cccc(NC(=O)c2cnsn2)c1. The summed E-state index contributed by atoms with van der Waals surface area (Å²) in [6, 6.07) is 8.67. The normalized spacial score (nSPS) is 9.44. The summed E-state index contributed by atoms with van der Waals surface area (Å²) in [6.45, 7) is 0. The Morgan fingerprint density at radius 3 is 3.06 bits per heavy atom. The second kappa shape index (κ2) is 4.51. The first kappa shape index (κ1) is 10.3. The van der Waals surface area contributed by atoms with Crippen molar-refractivity contribution in [3.63, 3.8) is 0 Å². The number of aromatic nitrogens is 2. The van der Waals surface area contributed by atoms with Crippen molar-refractivity contribution < 1.29 is 4.79 Å². The van der Waals surface area contributed by atoms with E-state index in [0.717, 1.165) is 11.7 Å². The van der Waals surface area contributed by atoms with Crippen molar-refractivity contribution in [2.24, 2.45) is 0 Å². The largest absolute Gasteiger partial charge is 0.321 e. The molecular weight excluding hydrogens is 224 g/mol. The highest BCUT2D eigenvalue weighted by Crippen LogP contribution is 2.11. The Kier molecular flexibility index (Phi) is 2.89. The summed E-state index contributed by atoms with van der Waals surface area (Å²) >= 11 is 0.973. The third-order valence-electron chi connectivity index (χ3n) is 1.84. The lowest BCUT2D eigenvalue weighted by molar-refractivity contribution is 0.102. The van der Waals surface area contributed by atoms with Crippen molar-refractivity contribution in [3.8, 4) is 6.07 Å². The number of rotatable bonds is 2. The molecule has 0 unspecified atom stereocenters. The average molecular weight is 230 g/mol. The maximum Gasteiger partial charge on any atom is 0.277 e. The lowest BCUT2D eigenvalue weighted by Gasteiger charge is -2.02. The van der Waals surface area contributed by atoms with Crippen molar-refractivity contribution in [2.75, 3.05) is 5.32 Å². The van der Waals surface area contributed by atoms with Crippen LogP contribution in [0.3, 0.4) is 0 Å². The van der Waals surface area contributed by atoms with Crippen molar-refractivity contribution >= 4 is 23.3 Å². The molecule has 0 atom stereocenters. The number of hydrogen-bond donors (Lipinski definition) is 1. The van der Waals surface area contributed by atoms with Gasteiger partial charge in [0.15, 0.2) is 5.69 Å². The topological polar surface area (TPSA) is 78.7 Å². The van der Waals surface area contributed by atoms with Gasteiger partial charge < -0.3 is 5.32 Å². The molecule has 1 heterocycles. The van der Waals surface area contributed by atoms with Gasteiger partial charge in [0, 0.05) is 5.69 Å². The first-order valence-electron chi connectivity index (χ1n) is 4.38. The molecule has 0 radical (unpaired) electrons. The van der Waals surface area contributed by atoms with Crippen LogP contribution in [-0.2, 0) is 0 Å². The number of carbonyl (C=O) groups is 1. The van der Waals surface area contributed by atoms with Gasteiger partial charge in [-0.25, -0.2) is 0 Å². The molecule has 2 rings (SSSR count). The van der Waals surface area contributed by atoms with E-state index in [-0.39, 0.29) is 11.6 Å². The zero-order valence-corrected chi connectivity index (χ0v) is 8.86. The highest BCUT2D eigenvalue weighted by atomic mass is 32.1. The van der Waals surface area contributed by atoms with E-state index in [9.17, 15) is 4.79 Å². The van der Waals surface area contributed by atoms with Crippen molar-refractivity contribution in [3.05, 3.63) is 41.7 Å². The van der Waals surface area contributed by atoms with Crippen LogP contribution in [0.5, 0.6) is 0 Å². The fraction of sp³-hybridized carbons (Fsp3) is 0. The number of anilines is 1. The minimum absolute atomic E-state index is 0.271. The molecule has 78 valence electrons. The minimum Gasteiger partial charge on any atom is -0.321 e. The van der Waals surface area contributed by atoms with Crippen molar-refractivity contribution in [1.82, 2.24) is 8.75 Å². The Bertz CT molecular complexity index is 544. The molecule has 0 saturated heterocycles. The molecule has 1 N–H and O–H groups in total. The molecule has 0 aliphatic rings. The van der Waals surface area contributed by atoms with E-state index in [4.69, 9.17) is 5.26 Å². The first-order chi connectivity index (χ1) is 7.79. The molecule has 5 nitrogen and oxygen atoms in total. The van der Waals surface area contributed by atoms with Crippen LogP contribution in [0.4, 0.5) is 5.69 Å². The number of nitrogens with one attached hydrogen (secondary N) is 1. The standard InChI is InChI=1S/C10H6N4OS/c11-5-7-2-1-3-8(4-7)13-10(15)9-6-12-16-14-9/h1-4,6H,(H,13,15). The van der Waals surface area contributed by atoms with Gasteiger partial charge in [-0.1, -0.05) is 6.07 Å². The Morgan fingerprint density at radius 2 is 2.38 bits per heavy atom. The average Bonchev–Trinajstić information content (AvgIpc) is 2.83. The molecule has 6 heteroatoms. The first-order valence-corrected chi connectivity index (χ1v) is 5.12. The highest BCUT2D eigenvalue weighted by Gasteiger charge is 2.08. The van der Waals surface area contributed by atoms with Crippen LogP contribution in [0.1, 0.15) is 16.1 Å². The Hall–Kier alpha value is -2.26. The smallest absolute Gasteiger partial charge is 0.277 e. The van der Waals surface area contributed by atoms with Gasteiger partial charge in [0.1, 0.15) is 0 Å². The van der Waals surface area contributed by atoms with Gasteiger partial charge in [0.25, 0.3) is 5.91 Å². The van der Waals surface area contributed by atoms with Gasteiger partial charge in [0.05, 0.1) is 29.6 Å². The van der Waals surface area contributed by atoms with Crippen LogP contribution in [0.2, 0.25) is 0 Å². The van der Waals surface area contributed by atoms with Gasteiger partial charge in [-0.2, -0.15) is 14.0 Å². The van der Waals surface area contributed by atoms with Gasteiger partial charge >= 0.3 is 0 Å². The van der Waals surface area contributed by atoms with E-state index in [1.165, 1.54) is 6.20 Å². The Morgan fingerprint density at radius 1 is 1.50 bits per heavy atom. The third-order valence-corrected chi connectivity index (χ3v) is 2.32. The summed E-state index contributed by atoms with van der Waals surface area (Å²) in [4.78, 5) is 11.6. The number of benzene rings is 1. The molecular formula is C10H6N4OS. The molecule has 0 aliphatic carbocycles. The maximum atomic E-state index is 11.6. The fourth-order valence-electron chi connectivity index (χ4n) is 1.13. The molecule has 0 bridgehead atoms. The van der Waals surface area contributed by atoms with E-state index in [0.29, 0.717) is 11.3 Å². The van der Waals surface area contributed by atoms with Gasteiger partial charge in [-0.15, -0.1) is 0 Å². The van der Waals surface area contributed by atoms with Crippen molar-refractivity contribution in [1.29, 1.82) is 5.26 Å². The minimum atomic E-state index is -0.330. The van der Waals surface area contributed by atoms with Crippen LogP contribution in [0.25, 0.3) is 0 Å². The summed E-state index contributed by atoms with van der Waals surface area (Å²) in [5, 5.41) is 11.3. The summed E-state index contributed by atoms with van der Waals surface area (Å²) in [6.07, 6.45) is 1.40. The molecule has 0 aliphatic heterocycles. The van der Waals surface area contributed by atoms with Gasteiger partial charge in [0.2, 0.25) is 0 Å². The summed E-state index contributed by atoms with van der Waals surface area (Å²) in [7, 11) is 0. The number of hydrogen-bond acceptors (Lipinski definition) is 5. The van der Waals surface area contributed by atoms with Crippen LogP contribution in [0.15, 0.2) is 30.5 Å². The molecule has 0 spiro atoms. The molecule has 1 amide bonds. The molecule has 0 saturated carbocycles. The van der Waals surface area contributed by atoms with Gasteiger partial charge in [-0.05, 0) is 18.2 Å². The fourth-order valence-corrected chi connectivity index (χ4v) is 1.54. The number of nitrogens with zero attached hydrogens (tertiary/aromatic N) is 3. The molecule has 2 aromatic rings. The van der Waals surface area contributed by atoms with E-state index >= 15 is 0 Å². The molecule has 16 heavy (non-hydrogen) atoms. The predicted octanol–water partition coefficient (Wildman–Crippen LogP) is 1.66. The highest BCUT2D eigenvalue weighted by molar-refractivity contribution is 6.99. The predicted molar refractivity (Wildman–Crippen MR) is 59.0 cm³/mol. The van der Waals surface area contributed by atoms with Crippen LogP contribution in [0, 0.1) is 11.3 Å². The summed E-state index contributed by atoms with van der Waals surface area (Å²) < 4.78 is 7.54. The van der Waals surface area contributed by atoms with Gasteiger partial charge in [-0.3, -0.25) is 4.79 Å². The number of nitriles is 1. The molecule has 1 aromatic heterocycles. The van der Waals surface area contributed by atoms with E-state index in [1.807, 2.05) is 6.07 Å². The van der Waals surface area contributed by atoms with E-state index in [1.54, 1.807) is 24.3 Å². The third kappa shape index (κ3) is 2.21. The van der Waals surface area contributed by atoms with Crippen LogP contribution >= 0.6 is 11.7 Å². The van der Waals surface area contributed by atoms with E-state index in [2.05, 4.69) is 14.1 Å². The monoisotopic (exact) mass is 230 g/mol. The number of amides is 1. The molecule has 1 aromatic carbocycles. The summed E-state index contributed by atoms with van der Waals surface area (Å²) in [5.41, 5.74) is 1.33. The maximum absolute atomic E-state index is 11.6. The molecule has 0 fully saturated rings. The zero-order chi connectivity index (χ0) is 11.4. The quantitative estimate of drug-likeness (QED) is 0.850. The van der Waals surface area contributed by atoms with Crippen LogP contribution in [-0.4, -0.2) is 14.7 Å². The Labute approximate surface area is 95.7 Å². The number of carbonyl (C=O) groups excluding carboxylic acids is 1. The summed E-state index contributed by atoms with van der Waals surface area (Å²) in [5.74, 6) is -0.330. The zero-order valence-electron chi connectivity index (χ0n) is 8.04. The van der Waals surface area contributed by atoms with Crippen molar-refractivity contribution in [2.45, 2.75) is 0 Å². The second-order valence-electron chi connectivity index (χ2n) is 2.94. The lowest BCUT2D eigenvalue weighted by atomic mass is 10.2. The second-order valence-corrected chi connectivity index (χ2v) is 3.50. The Balaban J connectivity index is 2.16. The van der Waals surface area contributed by atoms with Crippen LogP contribution < -0.4 is 5.32 Å². The lowest BCUT2D eigenvalue weighted by Crippen LogP contribution is -2.12. The van der Waals surface area contributed by atoms with E-state index < -0.39 is 0 Å².